The molecular weight excluding hydrogens is 406 g/mol. The summed E-state index contributed by atoms with van der Waals surface area (Å²) in [6, 6.07) is 8.73. The zero-order chi connectivity index (χ0) is 22.3. The molecule has 1 fully saturated rings. The van der Waals surface area contributed by atoms with Crippen molar-refractivity contribution in [1.29, 1.82) is 0 Å². The number of hydrogen-bond acceptors (Lipinski definition) is 6. The van der Waals surface area contributed by atoms with Crippen LogP contribution in [0, 0.1) is 10.1 Å². The third kappa shape index (κ3) is 3.95. The van der Waals surface area contributed by atoms with E-state index in [-0.39, 0.29) is 23.1 Å². The normalized spacial score (nSPS) is 13.1. The number of carbonyl (C=O) groups excluding carboxylic acids is 1. The number of carbonyl (C=O) groups is 2. The van der Waals surface area contributed by atoms with Crippen molar-refractivity contribution in [3.05, 3.63) is 68.5 Å². The van der Waals surface area contributed by atoms with Crippen molar-refractivity contribution >= 4 is 34.2 Å². The Morgan fingerprint density at radius 1 is 1.23 bits per heavy atom. The highest BCUT2D eigenvalue weighted by Crippen LogP contribution is 2.40. The molecule has 0 bridgehead atoms. The van der Waals surface area contributed by atoms with E-state index < -0.39 is 27.6 Å². The van der Waals surface area contributed by atoms with Crippen LogP contribution in [0.15, 0.2) is 47.4 Å². The molecule has 2 aromatic carbocycles. The molecule has 0 radical (unpaired) electrons. The molecular formula is C21H17N3O7. The molecule has 0 unspecified atom stereocenters. The van der Waals surface area contributed by atoms with E-state index in [4.69, 9.17) is 4.74 Å². The topological polar surface area (TPSA) is 141 Å². The lowest BCUT2D eigenvalue weighted by molar-refractivity contribution is -0.385. The number of nitrogens with one attached hydrogen (secondary N) is 1. The van der Waals surface area contributed by atoms with Gasteiger partial charge in [-0.25, -0.2) is 4.79 Å². The number of amides is 1. The number of fused-ring (bicyclic) bond motifs is 1. The molecule has 1 aliphatic rings. The summed E-state index contributed by atoms with van der Waals surface area (Å²) in [7, 11) is 0. The van der Waals surface area contributed by atoms with Gasteiger partial charge in [-0.1, -0.05) is 0 Å². The molecule has 1 saturated carbocycles. The number of carboxylic acids is 1. The summed E-state index contributed by atoms with van der Waals surface area (Å²) in [5, 5.41) is 23.6. The maximum Gasteiger partial charge on any atom is 0.341 e. The van der Waals surface area contributed by atoms with Gasteiger partial charge in [-0.05, 0) is 37.1 Å². The summed E-state index contributed by atoms with van der Waals surface area (Å²) in [5.41, 5.74) is -0.769. The van der Waals surface area contributed by atoms with Gasteiger partial charge in [0.05, 0.1) is 15.8 Å². The number of benzene rings is 2. The van der Waals surface area contributed by atoms with Crippen LogP contribution in [-0.2, 0) is 4.79 Å². The standard InChI is InChI=1S/C21H17N3O7/c1-11(25)22-12-2-6-14(7-3-12)31-19-9-17-15(8-18(19)24(29)30)20(26)16(21(27)28)10-23(17)13-4-5-13/h2-3,6-10,13H,4-5H2,1H3,(H,22,25)(H,27,28). The van der Waals surface area contributed by atoms with Gasteiger partial charge < -0.3 is 19.7 Å². The van der Waals surface area contributed by atoms with Crippen LogP contribution in [0.2, 0.25) is 0 Å². The summed E-state index contributed by atoms with van der Waals surface area (Å²) < 4.78 is 7.39. The summed E-state index contributed by atoms with van der Waals surface area (Å²) in [6.45, 7) is 1.37. The lowest BCUT2D eigenvalue weighted by atomic mass is 10.1. The first-order valence-electron chi connectivity index (χ1n) is 9.40. The van der Waals surface area contributed by atoms with Gasteiger partial charge in [0.25, 0.3) is 0 Å². The fraction of sp³-hybridized carbons (Fsp3) is 0.190. The van der Waals surface area contributed by atoms with Gasteiger partial charge in [0.1, 0.15) is 11.3 Å². The zero-order valence-electron chi connectivity index (χ0n) is 16.3. The first kappa shape index (κ1) is 20.1. The summed E-state index contributed by atoms with van der Waals surface area (Å²) in [4.78, 5) is 46.2. The highest BCUT2D eigenvalue weighted by molar-refractivity contribution is 5.94. The number of pyridine rings is 1. The van der Waals surface area contributed by atoms with Gasteiger partial charge in [-0.2, -0.15) is 0 Å². The number of ether oxygens (including phenoxy) is 1. The molecule has 0 atom stereocenters. The lowest BCUT2D eigenvalue weighted by Gasteiger charge is -2.14. The van der Waals surface area contributed by atoms with E-state index in [0.29, 0.717) is 17.0 Å². The van der Waals surface area contributed by atoms with Crippen LogP contribution in [0.1, 0.15) is 36.2 Å². The molecule has 158 valence electrons. The van der Waals surface area contributed by atoms with Crippen molar-refractivity contribution < 1.29 is 24.4 Å². The number of aromatic nitrogens is 1. The fourth-order valence-corrected chi connectivity index (χ4v) is 3.33. The number of hydrogen-bond donors (Lipinski definition) is 2. The highest BCUT2D eigenvalue weighted by atomic mass is 16.6. The number of aromatic carboxylic acids is 1. The van der Waals surface area contributed by atoms with Gasteiger partial charge in [-0.15, -0.1) is 0 Å². The predicted molar refractivity (Wildman–Crippen MR) is 111 cm³/mol. The van der Waals surface area contributed by atoms with Crippen LogP contribution in [-0.4, -0.2) is 26.5 Å². The Labute approximate surface area is 174 Å². The quantitative estimate of drug-likeness (QED) is 0.455. The summed E-state index contributed by atoms with van der Waals surface area (Å²) >= 11 is 0. The fourth-order valence-electron chi connectivity index (χ4n) is 3.33. The molecule has 1 aromatic heterocycles. The Balaban J connectivity index is 1.84. The molecule has 1 amide bonds. The number of nitro benzene ring substituents is 1. The van der Waals surface area contributed by atoms with Gasteiger partial charge in [0.2, 0.25) is 17.1 Å². The SMILES string of the molecule is CC(=O)Nc1ccc(Oc2cc3c(cc2[N+](=O)[O-])c(=O)c(C(=O)O)cn3C2CC2)cc1. The maximum atomic E-state index is 12.6. The van der Waals surface area contributed by atoms with Crippen molar-refractivity contribution in [3.8, 4) is 11.5 Å². The molecule has 4 rings (SSSR count). The molecule has 1 heterocycles. The second kappa shape index (κ2) is 7.56. The van der Waals surface area contributed by atoms with Crippen LogP contribution < -0.4 is 15.5 Å². The van der Waals surface area contributed by atoms with Gasteiger partial charge in [0.15, 0.2) is 0 Å². The third-order valence-electron chi connectivity index (χ3n) is 4.88. The van der Waals surface area contributed by atoms with Crippen molar-refractivity contribution in [2.45, 2.75) is 25.8 Å². The minimum absolute atomic E-state index is 0.0208. The minimum Gasteiger partial charge on any atom is -0.477 e. The molecule has 3 aromatic rings. The number of nitro groups is 1. The highest BCUT2D eigenvalue weighted by Gasteiger charge is 2.29. The third-order valence-corrected chi connectivity index (χ3v) is 4.88. The second-order valence-corrected chi connectivity index (χ2v) is 7.22. The van der Waals surface area contributed by atoms with Crippen LogP contribution in [0.4, 0.5) is 11.4 Å². The zero-order valence-corrected chi connectivity index (χ0v) is 16.3. The molecule has 1 aliphatic carbocycles. The molecule has 10 heteroatoms. The molecule has 2 N–H and O–H groups in total. The first-order chi connectivity index (χ1) is 14.7. The monoisotopic (exact) mass is 423 g/mol. The van der Waals surface area contributed by atoms with Gasteiger partial charge in [-0.3, -0.25) is 19.7 Å². The van der Waals surface area contributed by atoms with Crippen molar-refractivity contribution in [2.75, 3.05) is 5.32 Å². The van der Waals surface area contributed by atoms with E-state index in [1.54, 1.807) is 28.8 Å². The van der Waals surface area contributed by atoms with E-state index in [1.165, 1.54) is 19.2 Å². The van der Waals surface area contributed by atoms with E-state index >= 15 is 0 Å². The average Bonchev–Trinajstić information content (AvgIpc) is 3.54. The van der Waals surface area contributed by atoms with Crippen LogP contribution >= 0.6 is 0 Å². The van der Waals surface area contributed by atoms with Gasteiger partial charge >= 0.3 is 11.7 Å². The first-order valence-corrected chi connectivity index (χ1v) is 9.40. The Morgan fingerprint density at radius 2 is 1.90 bits per heavy atom. The van der Waals surface area contributed by atoms with Gasteiger partial charge in [0, 0.05) is 37.0 Å². The largest absolute Gasteiger partial charge is 0.477 e. The molecule has 10 nitrogen and oxygen atoms in total. The van der Waals surface area contributed by atoms with Crippen molar-refractivity contribution in [1.82, 2.24) is 4.57 Å². The maximum absolute atomic E-state index is 12.6. The van der Waals surface area contributed by atoms with Crippen molar-refractivity contribution in [2.24, 2.45) is 0 Å². The van der Waals surface area contributed by atoms with Crippen molar-refractivity contribution in [3.63, 3.8) is 0 Å². The van der Waals surface area contributed by atoms with E-state index in [2.05, 4.69) is 5.32 Å². The summed E-state index contributed by atoms with van der Waals surface area (Å²) in [6.07, 6.45) is 2.91. The Kier molecular flexibility index (Phi) is 4.90. The van der Waals surface area contributed by atoms with E-state index in [9.17, 15) is 29.6 Å². The predicted octanol–water partition coefficient (Wildman–Crippen LogP) is 3.69. The Hall–Kier alpha value is -4.21. The number of nitrogens with zero attached hydrogens (tertiary/aromatic N) is 2. The van der Waals surface area contributed by atoms with Crippen LogP contribution in [0.3, 0.4) is 0 Å². The smallest absolute Gasteiger partial charge is 0.341 e. The second-order valence-electron chi connectivity index (χ2n) is 7.22. The van der Waals surface area contributed by atoms with E-state index in [1.807, 2.05) is 0 Å². The number of anilines is 1. The number of carboxylic acid groups (broad SMARTS) is 1. The Bertz CT molecular complexity index is 1290. The minimum atomic E-state index is -1.39. The average molecular weight is 423 g/mol. The molecule has 0 spiro atoms. The van der Waals surface area contributed by atoms with E-state index in [0.717, 1.165) is 18.9 Å². The molecule has 31 heavy (non-hydrogen) atoms. The lowest BCUT2D eigenvalue weighted by Crippen LogP contribution is -2.19. The Morgan fingerprint density at radius 3 is 2.45 bits per heavy atom. The molecule has 0 aliphatic heterocycles. The summed E-state index contributed by atoms with van der Waals surface area (Å²) in [5.74, 6) is -1.41. The van der Waals surface area contributed by atoms with Crippen LogP contribution in [0.5, 0.6) is 11.5 Å². The number of rotatable bonds is 6. The molecule has 0 saturated heterocycles. The van der Waals surface area contributed by atoms with Crippen LogP contribution in [0.25, 0.3) is 10.9 Å².